The number of carboxylic acid groups (broad SMARTS) is 1. The van der Waals surface area contributed by atoms with Crippen LogP contribution in [0.2, 0.25) is 0 Å². The van der Waals surface area contributed by atoms with Crippen LogP contribution in [0.4, 0.5) is 0 Å². The molecular formula is C10H9ClO3. The highest BCUT2D eigenvalue weighted by Gasteiger charge is 2.02. The molecule has 0 radical (unpaired) electrons. The Morgan fingerprint density at radius 1 is 1.21 bits per heavy atom. The predicted octanol–water partition coefficient (Wildman–Crippen LogP) is 2.08. The molecule has 0 aromatic heterocycles. The van der Waals surface area contributed by atoms with Crippen LogP contribution < -0.4 is 0 Å². The van der Waals surface area contributed by atoms with Crippen molar-refractivity contribution < 1.29 is 14.7 Å². The van der Waals surface area contributed by atoms with Crippen molar-refractivity contribution in [3.63, 3.8) is 0 Å². The van der Waals surface area contributed by atoms with Crippen LogP contribution >= 0.6 is 11.6 Å². The lowest BCUT2D eigenvalue weighted by atomic mass is 10.1. The van der Waals surface area contributed by atoms with E-state index < -0.39 is 11.2 Å². The molecule has 0 spiro atoms. The van der Waals surface area contributed by atoms with Crippen LogP contribution in [0.25, 0.3) is 0 Å². The van der Waals surface area contributed by atoms with Crippen molar-refractivity contribution in [2.75, 3.05) is 0 Å². The van der Waals surface area contributed by atoms with Gasteiger partial charge in [0.1, 0.15) is 0 Å². The van der Waals surface area contributed by atoms with Crippen molar-refractivity contribution in [2.45, 2.75) is 12.8 Å². The average molecular weight is 213 g/mol. The number of carboxylic acids is 1. The van der Waals surface area contributed by atoms with Crippen molar-refractivity contribution in [2.24, 2.45) is 0 Å². The number of halogens is 1. The lowest BCUT2D eigenvalue weighted by Gasteiger charge is -1.99. The first-order chi connectivity index (χ1) is 6.59. The van der Waals surface area contributed by atoms with E-state index in [1.54, 1.807) is 24.3 Å². The largest absolute Gasteiger partial charge is 0.481 e. The monoisotopic (exact) mass is 212 g/mol. The van der Waals surface area contributed by atoms with Gasteiger partial charge in [-0.25, -0.2) is 0 Å². The third kappa shape index (κ3) is 3.18. The van der Waals surface area contributed by atoms with Gasteiger partial charge in [-0.05, 0) is 35.7 Å². The third-order valence-electron chi connectivity index (χ3n) is 1.81. The Morgan fingerprint density at radius 3 is 2.21 bits per heavy atom. The van der Waals surface area contributed by atoms with E-state index in [1.807, 2.05) is 0 Å². The Balaban J connectivity index is 2.64. The maximum Gasteiger partial charge on any atom is 0.303 e. The summed E-state index contributed by atoms with van der Waals surface area (Å²) < 4.78 is 0. The molecular weight excluding hydrogens is 204 g/mol. The number of hydrogen-bond donors (Lipinski definition) is 1. The molecule has 1 aromatic rings. The molecule has 0 saturated heterocycles. The minimum absolute atomic E-state index is 0.0914. The SMILES string of the molecule is O=C(O)CCc1ccc(C(=O)Cl)cc1. The van der Waals surface area contributed by atoms with E-state index in [4.69, 9.17) is 16.7 Å². The molecule has 0 saturated carbocycles. The molecule has 0 bridgehead atoms. The van der Waals surface area contributed by atoms with Crippen LogP contribution in [0.3, 0.4) is 0 Å². The summed E-state index contributed by atoms with van der Waals surface area (Å²) in [4.78, 5) is 21.0. The highest BCUT2D eigenvalue weighted by molar-refractivity contribution is 6.67. The number of carbonyl (C=O) groups excluding carboxylic acids is 1. The van der Waals surface area contributed by atoms with Crippen LogP contribution in [0.15, 0.2) is 24.3 Å². The van der Waals surface area contributed by atoms with Gasteiger partial charge in [-0.2, -0.15) is 0 Å². The molecule has 0 aliphatic heterocycles. The third-order valence-corrected chi connectivity index (χ3v) is 2.03. The van der Waals surface area contributed by atoms with Crippen molar-refractivity contribution in [1.29, 1.82) is 0 Å². The van der Waals surface area contributed by atoms with E-state index in [0.717, 1.165) is 5.56 Å². The van der Waals surface area contributed by atoms with Gasteiger partial charge in [-0.15, -0.1) is 0 Å². The molecule has 4 heteroatoms. The van der Waals surface area contributed by atoms with E-state index >= 15 is 0 Å². The van der Waals surface area contributed by atoms with Gasteiger partial charge in [-0.1, -0.05) is 12.1 Å². The van der Waals surface area contributed by atoms with E-state index in [-0.39, 0.29) is 6.42 Å². The summed E-state index contributed by atoms with van der Waals surface area (Å²) in [5.41, 5.74) is 1.31. The van der Waals surface area contributed by atoms with Crippen LogP contribution in [-0.4, -0.2) is 16.3 Å². The maximum absolute atomic E-state index is 10.7. The highest BCUT2D eigenvalue weighted by atomic mass is 35.5. The summed E-state index contributed by atoms with van der Waals surface area (Å²) in [6.45, 7) is 0. The standard InChI is InChI=1S/C10H9ClO3/c11-10(14)8-4-1-7(2-5-8)3-6-9(12)13/h1-2,4-5H,3,6H2,(H,12,13). The van der Waals surface area contributed by atoms with Gasteiger partial charge in [-0.3, -0.25) is 9.59 Å². The minimum Gasteiger partial charge on any atom is -0.481 e. The Kier molecular flexibility index (Phi) is 3.65. The molecule has 0 fully saturated rings. The molecule has 1 aromatic carbocycles. The van der Waals surface area contributed by atoms with Crippen molar-refractivity contribution in [3.8, 4) is 0 Å². The minimum atomic E-state index is -0.831. The van der Waals surface area contributed by atoms with Gasteiger partial charge in [0.15, 0.2) is 0 Å². The topological polar surface area (TPSA) is 54.4 Å². The zero-order valence-corrected chi connectivity index (χ0v) is 8.12. The molecule has 74 valence electrons. The summed E-state index contributed by atoms with van der Waals surface area (Å²) in [5.74, 6) is -0.831. The summed E-state index contributed by atoms with van der Waals surface area (Å²) in [5, 5.41) is 7.94. The molecule has 0 atom stereocenters. The quantitative estimate of drug-likeness (QED) is 0.778. The smallest absolute Gasteiger partial charge is 0.303 e. The van der Waals surface area contributed by atoms with Crippen molar-refractivity contribution in [3.05, 3.63) is 35.4 Å². The maximum atomic E-state index is 10.7. The first-order valence-electron chi connectivity index (χ1n) is 4.10. The number of aliphatic carboxylic acids is 1. The summed E-state index contributed by atoms with van der Waals surface area (Å²) >= 11 is 5.25. The van der Waals surface area contributed by atoms with Gasteiger partial charge >= 0.3 is 5.97 Å². The highest BCUT2D eigenvalue weighted by Crippen LogP contribution is 2.08. The first kappa shape index (κ1) is 10.7. The zero-order chi connectivity index (χ0) is 10.6. The second-order valence-corrected chi connectivity index (χ2v) is 3.21. The van der Waals surface area contributed by atoms with E-state index in [1.165, 1.54) is 0 Å². The molecule has 0 heterocycles. The van der Waals surface area contributed by atoms with E-state index in [9.17, 15) is 9.59 Å². The number of hydrogen-bond acceptors (Lipinski definition) is 2. The van der Waals surface area contributed by atoms with E-state index in [2.05, 4.69) is 0 Å². The fourth-order valence-corrected chi connectivity index (χ4v) is 1.18. The van der Waals surface area contributed by atoms with Crippen molar-refractivity contribution >= 4 is 22.8 Å². The molecule has 0 aliphatic rings. The van der Waals surface area contributed by atoms with Gasteiger partial charge in [0, 0.05) is 12.0 Å². The molecule has 0 amide bonds. The lowest BCUT2D eigenvalue weighted by Crippen LogP contribution is -1.97. The Bertz CT molecular complexity index is 343. The molecule has 1 rings (SSSR count). The van der Waals surface area contributed by atoms with Gasteiger partial charge in [0.05, 0.1) is 0 Å². The molecule has 0 aliphatic carbocycles. The Morgan fingerprint density at radius 2 is 1.79 bits per heavy atom. The van der Waals surface area contributed by atoms with Crippen LogP contribution in [0.1, 0.15) is 22.3 Å². The Hall–Kier alpha value is -1.35. The van der Waals surface area contributed by atoms with Gasteiger partial charge < -0.3 is 5.11 Å². The fourth-order valence-electron chi connectivity index (χ4n) is 1.05. The average Bonchev–Trinajstić information content (AvgIpc) is 2.15. The van der Waals surface area contributed by atoms with Crippen LogP contribution in [0.5, 0.6) is 0 Å². The Labute approximate surface area is 86.3 Å². The molecule has 1 N–H and O–H groups in total. The molecule has 14 heavy (non-hydrogen) atoms. The van der Waals surface area contributed by atoms with Crippen molar-refractivity contribution in [1.82, 2.24) is 0 Å². The van der Waals surface area contributed by atoms with Gasteiger partial charge in [0.25, 0.3) is 5.24 Å². The predicted molar refractivity (Wildman–Crippen MR) is 52.6 cm³/mol. The second kappa shape index (κ2) is 4.77. The first-order valence-corrected chi connectivity index (χ1v) is 4.48. The lowest BCUT2D eigenvalue weighted by molar-refractivity contribution is -0.136. The zero-order valence-electron chi connectivity index (χ0n) is 7.37. The summed E-state index contributed by atoms with van der Waals surface area (Å²) in [6, 6.07) is 6.59. The molecule has 3 nitrogen and oxygen atoms in total. The summed E-state index contributed by atoms with van der Waals surface area (Å²) in [7, 11) is 0. The second-order valence-electron chi connectivity index (χ2n) is 2.86. The number of carbonyl (C=O) groups is 2. The normalized spacial score (nSPS) is 9.79. The number of benzene rings is 1. The number of rotatable bonds is 4. The van der Waals surface area contributed by atoms with Crippen LogP contribution in [-0.2, 0) is 11.2 Å². The fraction of sp³-hybridized carbons (Fsp3) is 0.200. The number of aryl methyl sites for hydroxylation is 1. The van der Waals surface area contributed by atoms with Crippen LogP contribution in [0, 0.1) is 0 Å². The van der Waals surface area contributed by atoms with Gasteiger partial charge in [0.2, 0.25) is 0 Å². The molecule has 0 unspecified atom stereocenters. The van der Waals surface area contributed by atoms with E-state index in [0.29, 0.717) is 12.0 Å². The summed E-state index contributed by atoms with van der Waals surface area (Å²) in [6.07, 6.45) is 0.556.